The fourth-order valence-electron chi connectivity index (χ4n) is 4.66. The number of unbranched alkanes of at least 4 members (excludes halogenated alkanes) is 2. The second-order valence-corrected chi connectivity index (χ2v) is 10.9. The van der Waals surface area contributed by atoms with Gasteiger partial charge in [0.25, 0.3) is 17.4 Å². The third-order valence-electron chi connectivity index (χ3n) is 7.13. The van der Waals surface area contributed by atoms with Gasteiger partial charge >= 0.3 is 6.18 Å². The summed E-state index contributed by atoms with van der Waals surface area (Å²) < 4.78 is 42.3. The number of aliphatic hydroxyl groups is 1. The van der Waals surface area contributed by atoms with E-state index >= 15 is 0 Å². The number of rotatable bonds is 13. The molecule has 0 aliphatic heterocycles. The van der Waals surface area contributed by atoms with Crippen molar-refractivity contribution in [3.8, 4) is 0 Å². The average Bonchev–Trinajstić information content (AvgIpc) is 3.76. The van der Waals surface area contributed by atoms with E-state index in [1.807, 2.05) is 11.8 Å². The molecule has 1 heterocycles. The van der Waals surface area contributed by atoms with Crippen LogP contribution in [-0.4, -0.2) is 78.7 Å². The molecule has 1 aromatic carbocycles. The second-order valence-electron chi connectivity index (χ2n) is 10.6. The summed E-state index contributed by atoms with van der Waals surface area (Å²) in [7, 11) is 4.56. The fourth-order valence-corrected chi connectivity index (χ4v) is 4.89. The lowest BCUT2D eigenvalue weighted by molar-refractivity contribution is -0.261. The minimum Gasteiger partial charge on any atom is -0.369 e. The Balaban J connectivity index is 1.59. The molecule has 0 spiro atoms. The highest BCUT2D eigenvalue weighted by atomic mass is 35.5. The van der Waals surface area contributed by atoms with Crippen LogP contribution in [0.5, 0.6) is 0 Å². The first-order valence-corrected chi connectivity index (χ1v) is 14.0. The predicted molar refractivity (Wildman–Crippen MR) is 150 cm³/mol. The SMILES string of the molecule is CCCN(CCCCCN(C)C(=O)[C@](O)(c1cccc(C2CC2)c1)C(F)(F)F)c1ccc(C(=O)N(C)C)c(Cl)n1. The summed E-state index contributed by atoms with van der Waals surface area (Å²) in [4.78, 5) is 34.1. The molecule has 3 rings (SSSR count). The predicted octanol–water partition coefficient (Wildman–Crippen LogP) is 5.61. The smallest absolute Gasteiger partial charge is 0.369 e. The van der Waals surface area contributed by atoms with Crippen LogP contribution in [0.3, 0.4) is 0 Å². The van der Waals surface area contributed by atoms with Gasteiger partial charge in [0.1, 0.15) is 11.0 Å². The van der Waals surface area contributed by atoms with E-state index in [9.17, 15) is 27.9 Å². The standard InChI is InChI=1S/C29H38ClF3N4O3/c1-5-16-37(24-15-14-23(25(30)34-24)26(38)35(2)3)18-8-6-7-17-36(4)27(39)28(40,29(31,32)33)22-11-9-10-21(19-22)20-12-13-20/h9-11,14-15,19-20,40H,5-8,12-13,16-18H2,1-4H3/t28-/m1/s1. The van der Waals surface area contributed by atoms with Crippen LogP contribution in [0.2, 0.25) is 5.15 Å². The van der Waals surface area contributed by atoms with Crippen molar-refractivity contribution in [1.29, 1.82) is 0 Å². The van der Waals surface area contributed by atoms with E-state index in [1.54, 1.807) is 32.3 Å². The van der Waals surface area contributed by atoms with Gasteiger partial charge in [-0.3, -0.25) is 9.59 Å². The lowest BCUT2D eigenvalue weighted by atomic mass is 9.89. The third kappa shape index (κ3) is 7.26. The summed E-state index contributed by atoms with van der Waals surface area (Å²) >= 11 is 6.28. The summed E-state index contributed by atoms with van der Waals surface area (Å²) in [5, 5.41) is 10.9. The molecule has 1 fully saturated rings. The van der Waals surface area contributed by atoms with E-state index in [2.05, 4.69) is 4.98 Å². The Kier molecular flexibility index (Phi) is 10.5. The van der Waals surface area contributed by atoms with Gasteiger partial charge < -0.3 is 19.8 Å². The van der Waals surface area contributed by atoms with Crippen LogP contribution in [0.25, 0.3) is 0 Å². The molecule has 2 aromatic rings. The maximum absolute atomic E-state index is 14.1. The first kappa shape index (κ1) is 31.7. The molecule has 1 atom stereocenters. The summed E-state index contributed by atoms with van der Waals surface area (Å²) in [6.45, 7) is 3.43. The summed E-state index contributed by atoms with van der Waals surface area (Å²) in [6.07, 6.45) is -0.723. The van der Waals surface area contributed by atoms with Crippen LogP contribution in [0.4, 0.5) is 19.0 Å². The van der Waals surface area contributed by atoms with Crippen LogP contribution >= 0.6 is 11.6 Å². The third-order valence-corrected chi connectivity index (χ3v) is 7.42. The Morgan fingerprint density at radius 2 is 1.70 bits per heavy atom. The Hall–Kier alpha value is -2.85. The van der Waals surface area contributed by atoms with Crippen LogP contribution in [0.1, 0.15) is 72.9 Å². The van der Waals surface area contributed by atoms with Crippen LogP contribution in [-0.2, 0) is 10.4 Å². The number of carbonyl (C=O) groups excluding carboxylic acids is 2. The molecule has 1 aliphatic rings. The number of alkyl halides is 3. The molecule has 220 valence electrons. The van der Waals surface area contributed by atoms with Crippen molar-refractivity contribution in [1.82, 2.24) is 14.8 Å². The molecule has 1 saturated carbocycles. The van der Waals surface area contributed by atoms with E-state index in [0.29, 0.717) is 49.3 Å². The van der Waals surface area contributed by atoms with Gasteiger partial charge in [0.05, 0.1) is 5.56 Å². The van der Waals surface area contributed by atoms with Crippen molar-refractivity contribution in [2.75, 3.05) is 45.7 Å². The number of amides is 2. The van der Waals surface area contributed by atoms with Gasteiger partial charge in [-0.2, -0.15) is 13.2 Å². The van der Waals surface area contributed by atoms with E-state index in [-0.39, 0.29) is 23.5 Å². The van der Waals surface area contributed by atoms with Crippen LogP contribution in [0.15, 0.2) is 36.4 Å². The maximum Gasteiger partial charge on any atom is 0.430 e. The molecule has 0 radical (unpaired) electrons. The van der Waals surface area contributed by atoms with Crippen molar-refractivity contribution in [2.24, 2.45) is 0 Å². The van der Waals surface area contributed by atoms with Crippen molar-refractivity contribution in [3.63, 3.8) is 0 Å². The van der Waals surface area contributed by atoms with Gasteiger partial charge in [-0.15, -0.1) is 0 Å². The lowest BCUT2D eigenvalue weighted by Crippen LogP contribution is -2.55. The van der Waals surface area contributed by atoms with Gasteiger partial charge in [-0.25, -0.2) is 4.98 Å². The number of hydrogen-bond donors (Lipinski definition) is 1. The minimum absolute atomic E-state index is 0.0682. The zero-order valence-corrected chi connectivity index (χ0v) is 24.2. The van der Waals surface area contributed by atoms with Crippen LogP contribution in [0, 0.1) is 0 Å². The number of benzene rings is 1. The highest BCUT2D eigenvalue weighted by Gasteiger charge is 2.61. The molecular formula is C29H38ClF3N4O3. The number of pyridine rings is 1. The van der Waals surface area contributed by atoms with Crippen molar-refractivity contribution in [3.05, 3.63) is 58.2 Å². The van der Waals surface area contributed by atoms with Gasteiger partial charge in [0, 0.05) is 46.3 Å². The average molecular weight is 583 g/mol. The van der Waals surface area contributed by atoms with Crippen molar-refractivity contribution >= 4 is 29.2 Å². The molecule has 7 nitrogen and oxygen atoms in total. The molecule has 0 bridgehead atoms. The van der Waals surface area contributed by atoms with Crippen molar-refractivity contribution in [2.45, 2.75) is 63.1 Å². The number of halogens is 4. The van der Waals surface area contributed by atoms with E-state index < -0.39 is 23.2 Å². The Morgan fingerprint density at radius 3 is 2.27 bits per heavy atom. The van der Waals surface area contributed by atoms with Gasteiger partial charge in [-0.1, -0.05) is 42.8 Å². The molecule has 1 N–H and O–H groups in total. The zero-order chi connectivity index (χ0) is 29.7. The Labute approximate surface area is 238 Å². The van der Waals surface area contributed by atoms with Gasteiger partial charge in [0.15, 0.2) is 0 Å². The number of aromatic nitrogens is 1. The molecule has 2 amide bonds. The first-order valence-electron chi connectivity index (χ1n) is 13.6. The van der Waals surface area contributed by atoms with Gasteiger partial charge in [0.2, 0.25) is 0 Å². The number of carbonyl (C=O) groups is 2. The monoisotopic (exact) mass is 582 g/mol. The Morgan fingerprint density at radius 1 is 1.02 bits per heavy atom. The molecule has 11 heteroatoms. The largest absolute Gasteiger partial charge is 0.430 e. The minimum atomic E-state index is -5.16. The molecule has 1 aliphatic carbocycles. The quantitative estimate of drug-likeness (QED) is 0.245. The van der Waals surface area contributed by atoms with E-state index in [0.717, 1.165) is 30.2 Å². The number of anilines is 1. The van der Waals surface area contributed by atoms with E-state index in [1.165, 1.54) is 24.1 Å². The first-order chi connectivity index (χ1) is 18.8. The van der Waals surface area contributed by atoms with Crippen molar-refractivity contribution < 1.29 is 27.9 Å². The number of likely N-dealkylation sites (N-methyl/N-ethyl adjacent to an activating group) is 1. The molecular weight excluding hydrogens is 545 g/mol. The van der Waals surface area contributed by atoms with Crippen LogP contribution < -0.4 is 4.90 Å². The Bertz CT molecular complexity index is 1190. The van der Waals surface area contributed by atoms with Gasteiger partial charge in [-0.05, 0) is 62.1 Å². The topological polar surface area (TPSA) is 77.0 Å². The maximum atomic E-state index is 14.1. The highest BCUT2D eigenvalue weighted by Crippen LogP contribution is 2.44. The molecule has 0 unspecified atom stereocenters. The zero-order valence-electron chi connectivity index (χ0n) is 23.5. The number of hydrogen-bond acceptors (Lipinski definition) is 5. The number of nitrogens with zero attached hydrogens (tertiary/aromatic N) is 4. The summed E-state index contributed by atoms with van der Waals surface area (Å²) in [5.74, 6) is -0.801. The highest BCUT2D eigenvalue weighted by molar-refractivity contribution is 6.32. The normalized spacial score (nSPS) is 14.9. The fraction of sp³-hybridized carbons (Fsp3) is 0.552. The molecule has 40 heavy (non-hydrogen) atoms. The molecule has 0 saturated heterocycles. The summed E-state index contributed by atoms with van der Waals surface area (Å²) in [5.41, 5.74) is -3.02. The second kappa shape index (κ2) is 13.2. The summed E-state index contributed by atoms with van der Waals surface area (Å²) in [6, 6.07) is 9.07. The van der Waals surface area contributed by atoms with E-state index in [4.69, 9.17) is 11.6 Å². The molecule has 1 aromatic heterocycles. The lowest BCUT2D eigenvalue weighted by Gasteiger charge is -2.33.